The summed E-state index contributed by atoms with van der Waals surface area (Å²) in [6, 6.07) is 11.1. The van der Waals surface area contributed by atoms with Gasteiger partial charge in [0.05, 0.1) is 16.3 Å². The van der Waals surface area contributed by atoms with E-state index in [0.717, 1.165) is 4.90 Å². The van der Waals surface area contributed by atoms with Gasteiger partial charge in [-0.05, 0) is 42.5 Å². The first-order valence-corrected chi connectivity index (χ1v) is 12.3. The molecule has 8 nitrogen and oxygen atoms in total. The zero-order valence-corrected chi connectivity index (χ0v) is 18.7. The largest absolute Gasteiger partial charge is 0.326 e. The standard InChI is InChI=1S/C21H23N3O5S2/c1-13-12-30-19-8-7-17(11-18(19)24-21(13)27)31(28,29)10-9-20(26)23-16-5-3-15(4-6-16)22-14(2)25/h3-8,11,13H,9-10,12H2,1-2H3,(H,22,25)(H,23,26)(H,24,27). The fourth-order valence-electron chi connectivity index (χ4n) is 2.88. The van der Waals surface area contributed by atoms with Crippen LogP contribution in [0.5, 0.6) is 0 Å². The molecule has 1 aliphatic rings. The lowest BCUT2D eigenvalue weighted by Crippen LogP contribution is -2.20. The summed E-state index contributed by atoms with van der Waals surface area (Å²) in [4.78, 5) is 36.2. The number of fused-ring (bicyclic) bond motifs is 1. The van der Waals surface area contributed by atoms with Crippen LogP contribution in [-0.2, 0) is 24.2 Å². The summed E-state index contributed by atoms with van der Waals surface area (Å²) in [7, 11) is -3.71. The first-order valence-electron chi connectivity index (χ1n) is 9.62. The second-order valence-corrected chi connectivity index (χ2v) is 10.4. The number of benzene rings is 2. The maximum atomic E-state index is 12.7. The summed E-state index contributed by atoms with van der Waals surface area (Å²) in [5.74, 6) is -0.704. The highest BCUT2D eigenvalue weighted by molar-refractivity contribution is 7.99. The van der Waals surface area contributed by atoms with Crippen molar-refractivity contribution in [2.45, 2.75) is 30.1 Å². The number of sulfone groups is 1. The normalized spacial score (nSPS) is 15.9. The minimum atomic E-state index is -3.71. The molecule has 10 heteroatoms. The molecule has 164 valence electrons. The van der Waals surface area contributed by atoms with E-state index < -0.39 is 15.7 Å². The number of amides is 3. The number of rotatable bonds is 6. The number of hydrogen-bond donors (Lipinski definition) is 3. The molecule has 0 aromatic heterocycles. The van der Waals surface area contributed by atoms with Gasteiger partial charge in [0.1, 0.15) is 0 Å². The first kappa shape index (κ1) is 22.8. The molecule has 0 fully saturated rings. The van der Waals surface area contributed by atoms with E-state index in [-0.39, 0.29) is 34.8 Å². The van der Waals surface area contributed by atoms with Gasteiger partial charge in [-0.2, -0.15) is 0 Å². The van der Waals surface area contributed by atoms with Gasteiger partial charge in [0, 0.05) is 41.3 Å². The lowest BCUT2D eigenvalue weighted by atomic mass is 10.2. The lowest BCUT2D eigenvalue weighted by Gasteiger charge is -2.10. The van der Waals surface area contributed by atoms with E-state index in [0.29, 0.717) is 22.8 Å². The van der Waals surface area contributed by atoms with Gasteiger partial charge in [-0.15, -0.1) is 11.8 Å². The van der Waals surface area contributed by atoms with Crippen molar-refractivity contribution in [3.8, 4) is 0 Å². The van der Waals surface area contributed by atoms with Crippen LogP contribution in [0.2, 0.25) is 0 Å². The highest BCUT2D eigenvalue weighted by Crippen LogP contribution is 2.34. The third kappa shape index (κ3) is 6.08. The van der Waals surface area contributed by atoms with Crippen LogP contribution in [0.15, 0.2) is 52.3 Å². The van der Waals surface area contributed by atoms with Gasteiger partial charge < -0.3 is 16.0 Å². The van der Waals surface area contributed by atoms with E-state index in [1.165, 1.54) is 30.8 Å². The SMILES string of the molecule is CC(=O)Nc1ccc(NC(=O)CCS(=O)(=O)c2ccc3c(c2)NC(=O)C(C)CS3)cc1. The fraction of sp³-hybridized carbons (Fsp3) is 0.286. The van der Waals surface area contributed by atoms with E-state index in [2.05, 4.69) is 16.0 Å². The molecule has 1 aliphatic heterocycles. The summed E-state index contributed by atoms with van der Waals surface area (Å²) in [6.07, 6.45) is -0.217. The van der Waals surface area contributed by atoms with Crippen molar-refractivity contribution in [3.05, 3.63) is 42.5 Å². The van der Waals surface area contributed by atoms with Crippen molar-refractivity contribution in [2.75, 3.05) is 27.5 Å². The van der Waals surface area contributed by atoms with Crippen LogP contribution in [0.25, 0.3) is 0 Å². The van der Waals surface area contributed by atoms with Crippen molar-refractivity contribution in [1.82, 2.24) is 0 Å². The van der Waals surface area contributed by atoms with Crippen LogP contribution >= 0.6 is 11.8 Å². The van der Waals surface area contributed by atoms with Crippen LogP contribution < -0.4 is 16.0 Å². The maximum Gasteiger partial charge on any atom is 0.228 e. The van der Waals surface area contributed by atoms with Gasteiger partial charge in [-0.1, -0.05) is 6.92 Å². The number of anilines is 3. The Hall–Kier alpha value is -2.85. The Bertz CT molecular complexity index is 1110. The van der Waals surface area contributed by atoms with Gasteiger partial charge in [0.25, 0.3) is 0 Å². The van der Waals surface area contributed by atoms with Crippen LogP contribution in [0.4, 0.5) is 17.1 Å². The van der Waals surface area contributed by atoms with Crippen molar-refractivity contribution >= 4 is 56.4 Å². The summed E-state index contributed by atoms with van der Waals surface area (Å²) < 4.78 is 25.4. The third-order valence-electron chi connectivity index (χ3n) is 4.59. The van der Waals surface area contributed by atoms with Crippen LogP contribution in [0, 0.1) is 5.92 Å². The molecule has 0 saturated heterocycles. The van der Waals surface area contributed by atoms with Gasteiger partial charge in [0.2, 0.25) is 17.7 Å². The van der Waals surface area contributed by atoms with E-state index in [1.807, 2.05) is 6.92 Å². The second kappa shape index (κ2) is 9.52. The maximum absolute atomic E-state index is 12.7. The molecule has 2 aromatic rings. The topological polar surface area (TPSA) is 121 Å². The van der Waals surface area contributed by atoms with Crippen molar-refractivity contribution in [2.24, 2.45) is 5.92 Å². The molecule has 3 amide bonds. The molecule has 1 unspecified atom stereocenters. The minimum absolute atomic E-state index is 0.0640. The Balaban J connectivity index is 1.62. The Morgan fingerprint density at radius 1 is 1.10 bits per heavy atom. The van der Waals surface area contributed by atoms with Crippen molar-refractivity contribution in [1.29, 1.82) is 0 Å². The predicted octanol–water partition coefficient (Wildman–Crippen LogP) is 3.13. The summed E-state index contributed by atoms with van der Waals surface area (Å²) >= 11 is 1.50. The second-order valence-electron chi connectivity index (χ2n) is 7.23. The van der Waals surface area contributed by atoms with Crippen LogP contribution in [0.1, 0.15) is 20.3 Å². The van der Waals surface area contributed by atoms with E-state index in [4.69, 9.17) is 0 Å². The number of carbonyl (C=O) groups excluding carboxylic acids is 3. The van der Waals surface area contributed by atoms with Crippen molar-refractivity contribution in [3.63, 3.8) is 0 Å². The lowest BCUT2D eigenvalue weighted by molar-refractivity contribution is -0.119. The quantitative estimate of drug-likeness (QED) is 0.608. The zero-order valence-electron chi connectivity index (χ0n) is 17.1. The van der Waals surface area contributed by atoms with Gasteiger partial charge in [-0.25, -0.2) is 8.42 Å². The Kier molecular flexibility index (Phi) is 7.01. The number of thioether (sulfide) groups is 1. The molecule has 1 heterocycles. The van der Waals surface area contributed by atoms with Gasteiger partial charge in [0.15, 0.2) is 9.84 Å². The molecule has 31 heavy (non-hydrogen) atoms. The number of nitrogens with one attached hydrogen (secondary N) is 3. The minimum Gasteiger partial charge on any atom is -0.326 e. The van der Waals surface area contributed by atoms with E-state index in [9.17, 15) is 22.8 Å². The molecule has 1 atom stereocenters. The molecule has 0 spiro atoms. The molecule has 0 aliphatic carbocycles. The van der Waals surface area contributed by atoms with Gasteiger partial charge >= 0.3 is 0 Å². The smallest absolute Gasteiger partial charge is 0.228 e. The average molecular weight is 462 g/mol. The first-order chi connectivity index (χ1) is 14.6. The Morgan fingerprint density at radius 3 is 2.39 bits per heavy atom. The summed E-state index contributed by atoms with van der Waals surface area (Å²) in [6.45, 7) is 3.21. The predicted molar refractivity (Wildman–Crippen MR) is 121 cm³/mol. The molecule has 3 N–H and O–H groups in total. The zero-order chi connectivity index (χ0) is 22.6. The average Bonchev–Trinajstić information content (AvgIpc) is 2.85. The summed E-state index contributed by atoms with van der Waals surface area (Å²) in [5, 5.41) is 8.03. The summed E-state index contributed by atoms with van der Waals surface area (Å²) in [5.41, 5.74) is 1.57. The molecule has 2 aromatic carbocycles. The van der Waals surface area contributed by atoms with Crippen LogP contribution in [-0.4, -0.2) is 37.6 Å². The molecule has 0 radical (unpaired) electrons. The molecule has 0 saturated carbocycles. The van der Waals surface area contributed by atoms with Gasteiger partial charge in [-0.3, -0.25) is 14.4 Å². The molecule has 0 bridgehead atoms. The highest BCUT2D eigenvalue weighted by Gasteiger charge is 2.23. The highest BCUT2D eigenvalue weighted by atomic mass is 32.2. The number of hydrogen-bond acceptors (Lipinski definition) is 6. The monoisotopic (exact) mass is 461 g/mol. The van der Waals surface area contributed by atoms with Crippen LogP contribution in [0.3, 0.4) is 0 Å². The van der Waals surface area contributed by atoms with E-state index in [1.54, 1.807) is 30.3 Å². The van der Waals surface area contributed by atoms with Crippen molar-refractivity contribution < 1.29 is 22.8 Å². The third-order valence-corrected chi connectivity index (χ3v) is 7.64. The fourth-order valence-corrected chi connectivity index (χ4v) is 5.15. The molecule has 3 rings (SSSR count). The van der Waals surface area contributed by atoms with E-state index >= 15 is 0 Å². The Labute approximate surface area is 185 Å². The number of carbonyl (C=O) groups is 3. The Morgan fingerprint density at radius 2 is 1.74 bits per heavy atom. The molecular formula is C21H23N3O5S2. The molecular weight excluding hydrogens is 438 g/mol.